The van der Waals surface area contributed by atoms with Crippen molar-refractivity contribution in [3.63, 3.8) is 0 Å². The molecule has 0 radical (unpaired) electrons. The third-order valence-electron chi connectivity index (χ3n) is 4.03. The second-order valence-corrected chi connectivity index (χ2v) is 6.29. The molecule has 1 aromatic carbocycles. The van der Waals surface area contributed by atoms with Gasteiger partial charge in [-0.15, -0.1) is 0 Å². The van der Waals surface area contributed by atoms with E-state index in [4.69, 9.17) is 14.2 Å². The third kappa shape index (κ3) is 6.97. The summed E-state index contributed by atoms with van der Waals surface area (Å²) >= 11 is 0. The molecule has 8 heteroatoms. The lowest BCUT2D eigenvalue weighted by Crippen LogP contribution is -2.42. The van der Waals surface area contributed by atoms with Crippen LogP contribution in [0, 0.1) is 0 Å². The minimum absolute atomic E-state index is 0.0298. The molecule has 0 aliphatic carbocycles. The van der Waals surface area contributed by atoms with Gasteiger partial charge in [-0.25, -0.2) is 0 Å². The molecule has 0 saturated carbocycles. The Bertz CT molecular complexity index is 634. The first-order valence-corrected chi connectivity index (χ1v) is 8.84. The van der Waals surface area contributed by atoms with E-state index < -0.39 is 0 Å². The number of nitrogens with one attached hydrogen (secondary N) is 1. The Kier molecular flexibility index (Phi) is 9.42. The number of rotatable bonds is 11. The van der Waals surface area contributed by atoms with Crippen LogP contribution in [0.5, 0.6) is 17.2 Å². The topological polar surface area (TPSA) is 80.3 Å². The largest absolute Gasteiger partial charge is 0.496 e. The number of likely N-dealkylation sites (N-methyl/N-ethyl adjacent to an activating group) is 1. The van der Waals surface area contributed by atoms with E-state index in [1.165, 1.54) is 4.90 Å². The van der Waals surface area contributed by atoms with Gasteiger partial charge in [0.15, 0.2) is 11.5 Å². The van der Waals surface area contributed by atoms with Crippen molar-refractivity contribution in [1.29, 1.82) is 0 Å². The van der Waals surface area contributed by atoms with Crippen molar-refractivity contribution < 1.29 is 23.8 Å². The molecule has 1 aromatic rings. The monoisotopic (exact) mass is 381 g/mol. The summed E-state index contributed by atoms with van der Waals surface area (Å²) in [7, 11) is 8.07. The van der Waals surface area contributed by atoms with Crippen molar-refractivity contribution in [1.82, 2.24) is 15.1 Å². The van der Waals surface area contributed by atoms with Gasteiger partial charge in [0.05, 0.1) is 34.4 Å². The second kappa shape index (κ2) is 11.3. The standard InChI is InChI=1S/C19H31N3O5/c1-7-8-22(13-19(24)21(2)3)12-18(23)20-11-14-9-16(26-5)17(27-6)10-15(14)25-4/h9-10H,7-8,11-13H2,1-6H3,(H,20,23). The Morgan fingerprint density at radius 2 is 1.56 bits per heavy atom. The molecule has 152 valence electrons. The smallest absolute Gasteiger partial charge is 0.236 e. The van der Waals surface area contributed by atoms with Crippen molar-refractivity contribution >= 4 is 11.8 Å². The van der Waals surface area contributed by atoms with E-state index in [0.29, 0.717) is 23.8 Å². The average Bonchev–Trinajstić information content (AvgIpc) is 2.65. The number of benzene rings is 1. The number of ether oxygens (including phenoxy) is 3. The molecule has 2 amide bonds. The Morgan fingerprint density at radius 1 is 0.963 bits per heavy atom. The quantitative estimate of drug-likeness (QED) is 0.619. The van der Waals surface area contributed by atoms with Gasteiger partial charge in [-0.05, 0) is 19.0 Å². The van der Waals surface area contributed by atoms with Crippen LogP contribution in [-0.4, -0.2) is 76.7 Å². The second-order valence-electron chi connectivity index (χ2n) is 6.29. The maximum absolute atomic E-state index is 12.4. The molecular weight excluding hydrogens is 350 g/mol. The molecule has 27 heavy (non-hydrogen) atoms. The molecular formula is C19H31N3O5. The summed E-state index contributed by atoms with van der Waals surface area (Å²) in [4.78, 5) is 27.6. The fraction of sp³-hybridized carbons (Fsp3) is 0.579. The van der Waals surface area contributed by atoms with Crippen LogP contribution in [0.2, 0.25) is 0 Å². The first kappa shape index (κ1) is 22.6. The zero-order chi connectivity index (χ0) is 20.4. The first-order chi connectivity index (χ1) is 12.9. The number of methoxy groups -OCH3 is 3. The van der Waals surface area contributed by atoms with Gasteiger partial charge in [0, 0.05) is 32.3 Å². The molecule has 0 aliphatic heterocycles. The van der Waals surface area contributed by atoms with Crippen molar-refractivity contribution in [2.75, 3.05) is 55.1 Å². The van der Waals surface area contributed by atoms with Crippen LogP contribution in [0.3, 0.4) is 0 Å². The van der Waals surface area contributed by atoms with Crippen molar-refractivity contribution in [3.8, 4) is 17.2 Å². The maximum Gasteiger partial charge on any atom is 0.236 e. The Balaban J connectivity index is 2.75. The molecule has 8 nitrogen and oxygen atoms in total. The van der Waals surface area contributed by atoms with Gasteiger partial charge < -0.3 is 24.4 Å². The summed E-state index contributed by atoms with van der Waals surface area (Å²) in [5.74, 6) is 1.53. The maximum atomic E-state index is 12.4. The lowest BCUT2D eigenvalue weighted by Gasteiger charge is -2.22. The molecule has 0 atom stereocenters. The van der Waals surface area contributed by atoms with Gasteiger partial charge in [0.1, 0.15) is 5.75 Å². The fourth-order valence-corrected chi connectivity index (χ4v) is 2.55. The minimum Gasteiger partial charge on any atom is -0.496 e. The molecule has 0 spiro atoms. The molecule has 0 fully saturated rings. The molecule has 0 bridgehead atoms. The van der Waals surface area contributed by atoms with Gasteiger partial charge in [-0.3, -0.25) is 14.5 Å². The highest BCUT2D eigenvalue weighted by Gasteiger charge is 2.16. The fourth-order valence-electron chi connectivity index (χ4n) is 2.55. The van der Waals surface area contributed by atoms with E-state index in [9.17, 15) is 9.59 Å². The molecule has 0 aliphatic rings. The van der Waals surface area contributed by atoms with Gasteiger partial charge >= 0.3 is 0 Å². The summed E-state index contributed by atoms with van der Waals surface area (Å²) in [5, 5.41) is 2.87. The third-order valence-corrected chi connectivity index (χ3v) is 4.03. The highest BCUT2D eigenvalue weighted by molar-refractivity contribution is 5.81. The van der Waals surface area contributed by atoms with Crippen LogP contribution >= 0.6 is 0 Å². The predicted molar refractivity (Wildman–Crippen MR) is 103 cm³/mol. The van der Waals surface area contributed by atoms with Gasteiger partial charge in [0.2, 0.25) is 11.8 Å². The first-order valence-electron chi connectivity index (χ1n) is 8.84. The van der Waals surface area contributed by atoms with Crippen LogP contribution in [-0.2, 0) is 16.1 Å². The van der Waals surface area contributed by atoms with Crippen LogP contribution < -0.4 is 19.5 Å². The Hall–Kier alpha value is -2.48. The summed E-state index contributed by atoms with van der Waals surface area (Å²) < 4.78 is 15.9. The number of nitrogens with zero attached hydrogens (tertiary/aromatic N) is 2. The lowest BCUT2D eigenvalue weighted by atomic mass is 10.1. The summed E-state index contributed by atoms with van der Waals surface area (Å²) in [6, 6.07) is 3.50. The van der Waals surface area contributed by atoms with Gasteiger partial charge in [-0.1, -0.05) is 6.92 Å². The minimum atomic E-state index is -0.160. The normalized spacial score (nSPS) is 10.5. The molecule has 0 saturated heterocycles. The zero-order valence-corrected chi connectivity index (χ0v) is 17.1. The Morgan fingerprint density at radius 3 is 2.07 bits per heavy atom. The van der Waals surface area contributed by atoms with E-state index >= 15 is 0 Å². The number of hydrogen-bond donors (Lipinski definition) is 1. The lowest BCUT2D eigenvalue weighted by molar-refractivity contribution is -0.130. The van der Waals surface area contributed by atoms with Gasteiger partial charge in [0.25, 0.3) is 0 Å². The molecule has 1 N–H and O–H groups in total. The van der Waals surface area contributed by atoms with E-state index in [1.54, 1.807) is 47.6 Å². The van der Waals surface area contributed by atoms with Crippen LogP contribution in [0.4, 0.5) is 0 Å². The van der Waals surface area contributed by atoms with Crippen LogP contribution in [0.15, 0.2) is 12.1 Å². The number of hydrogen-bond acceptors (Lipinski definition) is 6. The van der Waals surface area contributed by atoms with Crippen molar-refractivity contribution in [3.05, 3.63) is 17.7 Å². The summed E-state index contributed by atoms with van der Waals surface area (Å²) in [6.45, 7) is 3.34. The molecule has 0 unspecified atom stereocenters. The van der Waals surface area contributed by atoms with Crippen molar-refractivity contribution in [2.24, 2.45) is 0 Å². The van der Waals surface area contributed by atoms with E-state index in [-0.39, 0.29) is 31.4 Å². The highest BCUT2D eigenvalue weighted by atomic mass is 16.5. The van der Waals surface area contributed by atoms with E-state index in [1.807, 2.05) is 11.8 Å². The van der Waals surface area contributed by atoms with E-state index in [0.717, 1.165) is 12.0 Å². The number of carbonyl (C=O) groups is 2. The average molecular weight is 381 g/mol. The number of carbonyl (C=O) groups excluding carboxylic acids is 2. The summed E-state index contributed by atoms with van der Waals surface area (Å²) in [5.41, 5.74) is 0.773. The Labute approximate surface area is 161 Å². The highest BCUT2D eigenvalue weighted by Crippen LogP contribution is 2.34. The van der Waals surface area contributed by atoms with Crippen LogP contribution in [0.25, 0.3) is 0 Å². The zero-order valence-electron chi connectivity index (χ0n) is 17.1. The van der Waals surface area contributed by atoms with Crippen LogP contribution in [0.1, 0.15) is 18.9 Å². The summed E-state index contributed by atoms with van der Waals surface area (Å²) in [6.07, 6.45) is 0.859. The van der Waals surface area contributed by atoms with Gasteiger partial charge in [-0.2, -0.15) is 0 Å². The van der Waals surface area contributed by atoms with E-state index in [2.05, 4.69) is 5.32 Å². The molecule has 1 rings (SSSR count). The predicted octanol–water partition coefficient (Wildman–Crippen LogP) is 1.13. The van der Waals surface area contributed by atoms with Crippen molar-refractivity contribution in [2.45, 2.75) is 19.9 Å². The molecule has 0 aromatic heterocycles. The SMILES string of the molecule is CCCN(CC(=O)NCc1cc(OC)c(OC)cc1OC)CC(=O)N(C)C. The molecule has 0 heterocycles. The number of amides is 2.